The number of benzene rings is 3. The lowest BCUT2D eigenvalue weighted by Crippen LogP contribution is -2.43. The highest BCUT2D eigenvalue weighted by Gasteiger charge is 2.27. The third-order valence-corrected chi connectivity index (χ3v) is 7.18. The molecule has 0 atom stereocenters. The predicted octanol–water partition coefficient (Wildman–Crippen LogP) is 4.59. The van der Waals surface area contributed by atoms with Crippen molar-refractivity contribution in [3.8, 4) is 0 Å². The van der Waals surface area contributed by atoms with Gasteiger partial charge in [0, 0.05) is 25.6 Å². The van der Waals surface area contributed by atoms with Crippen LogP contribution in [-0.4, -0.2) is 28.5 Å². The highest BCUT2D eigenvalue weighted by Crippen LogP contribution is 2.23. The molecule has 0 spiro atoms. The molecule has 0 saturated carbocycles. The Balaban J connectivity index is 1.32. The van der Waals surface area contributed by atoms with Gasteiger partial charge >= 0.3 is 0 Å². The molecular formula is C30H32N4O2. The molecule has 1 saturated heterocycles. The second kappa shape index (κ2) is 10.4. The van der Waals surface area contributed by atoms with E-state index in [1.54, 1.807) is 0 Å². The van der Waals surface area contributed by atoms with Gasteiger partial charge in [-0.2, -0.15) is 0 Å². The Kier molecular flexibility index (Phi) is 6.85. The molecule has 1 aromatic heterocycles. The number of hydrogen-bond acceptors (Lipinski definition) is 4. The van der Waals surface area contributed by atoms with Crippen molar-refractivity contribution in [3.05, 3.63) is 105 Å². The summed E-state index contributed by atoms with van der Waals surface area (Å²) in [6.45, 7) is 6.42. The number of fused-ring (bicyclic) bond motifs is 1. The fourth-order valence-corrected chi connectivity index (χ4v) is 4.91. The number of rotatable bonds is 6. The minimum atomic E-state index is -0.0864. The molecule has 3 aromatic carbocycles. The van der Waals surface area contributed by atoms with Crippen molar-refractivity contribution >= 4 is 22.8 Å². The van der Waals surface area contributed by atoms with E-state index in [1.165, 1.54) is 11.1 Å². The van der Waals surface area contributed by atoms with Crippen LogP contribution in [-0.2, 0) is 17.9 Å². The van der Waals surface area contributed by atoms with Crippen molar-refractivity contribution in [1.29, 1.82) is 0 Å². The lowest BCUT2D eigenvalue weighted by Gasteiger charge is -2.32. The Labute approximate surface area is 211 Å². The van der Waals surface area contributed by atoms with Crippen molar-refractivity contribution < 1.29 is 4.79 Å². The van der Waals surface area contributed by atoms with Gasteiger partial charge < -0.3 is 10.2 Å². The minimum absolute atomic E-state index is 0.0551. The quantitative estimate of drug-likeness (QED) is 0.438. The Morgan fingerprint density at radius 3 is 2.39 bits per heavy atom. The van der Waals surface area contributed by atoms with Crippen molar-refractivity contribution in [2.45, 2.75) is 39.8 Å². The Morgan fingerprint density at radius 1 is 0.944 bits per heavy atom. The smallest absolute Gasteiger partial charge is 0.294 e. The van der Waals surface area contributed by atoms with Crippen molar-refractivity contribution in [2.24, 2.45) is 5.92 Å². The summed E-state index contributed by atoms with van der Waals surface area (Å²) in [6.07, 6.45) is 1.40. The second-order valence-electron chi connectivity index (χ2n) is 9.71. The van der Waals surface area contributed by atoms with Gasteiger partial charge in [0.1, 0.15) is 0 Å². The SMILES string of the molecule is Cc1ccc(Cn2c(=O)c(N3CCC(C(=O)NCc4ccccc4C)CC3)nc3ccccc32)cc1. The first-order valence-corrected chi connectivity index (χ1v) is 12.6. The molecule has 36 heavy (non-hydrogen) atoms. The fourth-order valence-electron chi connectivity index (χ4n) is 4.91. The van der Waals surface area contributed by atoms with Gasteiger partial charge in [0.15, 0.2) is 5.82 Å². The van der Waals surface area contributed by atoms with E-state index >= 15 is 0 Å². The molecule has 6 heteroatoms. The molecule has 4 aromatic rings. The van der Waals surface area contributed by atoms with Crippen LogP contribution in [0.15, 0.2) is 77.6 Å². The zero-order valence-corrected chi connectivity index (χ0v) is 20.9. The van der Waals surface area contributed by atoms with Gasteiger partial charge in [-0.25, -0.2) is 4.98 Å². The van der Waals surface area contributed by atoms with Gasteiger partial charge in [0.2, 0.25) is 5.91 Å². The number of hydrogen-bond donors (Lipinski definition) is 1. The van der Waals surface area contributed by atoms with Crippen LogP contribution in [0.1, 0.15) is 35.1 Å². The van der Waals surface area contributed by atoms with Crippen LogP contribution in [0, 0.1) is 19.8 Å². The van der Waals surface area contributed by atoms with Gasteiger partial charge in [-0.05, 0) is 55.5 Å². The van der Waals surface area contributed by atoms with E-state index in [2.05, 4.69) is 49.5 Å². The summed E-state index contributed by atoms with van der Waals surface area (Å²) < 4.78 is 1.82. The van der Waals surface area contributed by atoms with E-state index in [-0.39, 0.29) is 17.4 Å². The molecule has 184 valence electrons. The monoisotopic (exact) mass is 480 g/mol. The average molecular weight is 481 g/mol. The highest BCUT2D eigenvalue weighted by molar-refractivity contribution is 5.79. The summed E-state index contributed by atoms with van der Waals surface area (Å²) in [5.74, 6) is 0.501. The van der Waals surface area contributed by atoms with Crippen LogP contribution >= 0.6 is 0 Å². The number of nitrogens with one attached hydrogen (secondary N) is 1. The molecule has 2 heterocycles. The largest absolute Gasteiger partial charge is 0.352 e. The lowest BCUT2D eigenvalue weighted by molar-refractivity contribution is -0.125. The maximum Gasteiger partial charge on any atom is 0.294 e. The topological polar surface area (TPSA) is 67.2 Å². The van der Waals surface area contributed by atoms with E-state index in [4.69, 9.17) is 4.98 Å². The standard InChI is InChI=1S/C30H32N4O2/c1-21-11-13-23(14-12-21)20-34-27-10-6-5-9-26(27)32-28(30(34)36)33-17-15-24(16-18-33)29(35)31-19-25-8-4-3-7-22(25)2/h3-14,24H,15-20H2,1-2H3,(H,31,35). The Morgan fingerprint density at radius 2 is 1.64 bits per heavy atom. The predicted molar refractivity (Wildman–Crippen MR) is 144 cm³/mol. The number of piperidine rings is 1. The summed E-state index contributed by atoms with van der Waals surface area (Å²) in [5.41, 5.74) is 6.13. The summed E-state index contributed by atoms with van der Waals surface area (Å²) >= 11 is 0. The van der Waals surface area contributed by atoms with E-state index in [0.29, 0.717) is 44.8 Å². The number of amides is 1. The van der Waals surface area contributed by atoms with Gasteiger partial charge in [-0.1, -0.05) is 66.2 Å². The minimum Gasteiger partial charge on any atom is -0.352 e. The number of anilines is 1. The molecule has 0 aliphatic carbocycles. The zero-order valence-electron chi connectivity index (χ0n) is 20.9. The third-order valence-electron chi connectivity index (χ3n) is 7.18. The van der Waals surface area contributed by atoms with Crippen molar-refractivity contribution in [3.63, 3.8) is 0 Å². The molecule has 1 amide bonds. The fraction of sp³-hybridized carbons (Fsp3) is 0.300. The molecule has 5 rings (SSSR count). The number of aryl methyl sites for hydroxylation is 2. The van der Waals surface area contributed by atoms with Crippen LogP contribution < -0.4 is 15.8 Å². The summed E-state index contributed by atoms with van der Waals surface area (Å²) in [5, 5.41) is 3.10. The molecule has 1 aliphatic rings. The Hall–Kier alpha value is -3.93. The molecule has 1 aliphatic heterocycles. The van der Waals surface area contributed by atoms with E-state index in [0.717, 1.165) is 22.2 Å². The van der Waals surface area contributed by atoms with Crippen LogP contribution in [0.25, 0.3) is 11.0 Å². The van der Waals surface area contributed by atoms with Crippen LogP contribution in [0.5, 0.6) is 0 Å². The highest BCUT2D eigenvalue weighted by atomic mass is 16.2. The normalized spacial score (nSPS) is 14.2. The molecule has 6 nitrogen and oxygen atoms in total. The van der Waals surface area contributed by atoms with Crippen molar-refractivity contribution in [1.82, 2.24) is 14.9 Å². The van der Waals surface area contributed by atoms with Gasteiger partial charge in [0.05, 0.1) is 17.6 Å². The number of carbonyl (C=O) groups excluding carboxylic acids is 1. The summed E-state index contributed by atoms with van der Waals surface area (Å²) in [4.78, 5) is 33.3. The maximum absolute atomic E-state index is 13.6. The number of aromatic nitrogens is 2. The summed E-state index contributed by atoms with van der Waals surface area (Å²) in [6, 6.07) is 24.2. The molecule has 0 bridgehead atoms. The first kappa shape index (κ1) is 23.8. The first-order valence-electron chi connectivity index (χ1n) is 12.6. The van der Waals surface area contributed by atoms with Crippen LogP contribution in [0.3, 0.4) is 0 Å². The molecular weight excluding hydrogens is 448 g/mol. The van der Waals surface area contributed by atoms with Crippen LogP contribution in [0.4, 0.5) is 5.82 Å². The number of nitrogens with zero attached hydrogens (tertiary/aromatic N) is 3. The van der Waals surface area contributed by atoms with E-state index < -0.39 is 0 Å². The molecule has 1 fully saturated rings. The second-order valence-corrected chi connectivity index (χ2v) is 9.71. The van der Waals surface area contributed by atoms with Gasteiger partial charge in [-0.3, -0.25) is 14.2 Å². The number of carbonyl (C=O) groups is 1. The average Bonchev–Trinajstić information content (AvgIpc) is 2.91. The Bertz CT molecular complexity index is 1430. The van der Waals surface area contributed by atoms with E-state index in [1.807, 2.05) is 51.9 Å². The summed E-state index contributed by atoms with van der Waals surface area (Å²) in [7, 11) is 0. The van der Waals surface area contributed by atoms with E-state index in [9.17, 15) is 9.59 Å². The number of para-hydroxylation sites is 2. The maximum atomic E-state index is 13.6. The van der Waals surface area contributed by atoms with Crippen LogP contribution in [0.2, 0.25) is 0 Å². The lowest BCUT2D eigenvalue weighted by atomic mass is 9.95. The zero-order chi connectivity index (χ0) is 25.1. The third kappa shape index (κ3) is 5.03. The van der Waals surface area contributed by atoms with Gasteiger partial charge in [-0.15, -0.1) is 0 Å². The molecule has 1 N–H and O–H groups in total. The van der Waals surface area contributed by atoms with Gasteiger partial charge in [0.25, 0.3) is 5.56 Å². The first-order chi connectivity index (χ1) is 17.5. The molecule has 0 unspecified atom stereocenters. The van der Waals surface area contributed by atoms with Crippen molar-refractivity contribution in [2.75, 3.05) is 18.0 Å². The molecule has 0 radical (unpaired) electrons.